The Morgan fingerprint density at radius 1 is 1.57 bits per heavy atom. The lowest BCUT2D eigenvalue weighted by molar-refractivity contribution is -0.138. The number of rotatable bonds is 2. The maximum Gasteiger partial charge on any atom is 0.307 e. The molecule has 0 aliphatic heterocycles. The summed E-state index contributed by atoms with van der Waals surface area (Å²) >= 11 is 3.43. The molecule has 1 N–H and O–H groups in total. The predicted octanol–water partition coefficient (Wildman–Crippen LogP) is 2.95. The second kappa shape index (κ2) is 3.39. The molecule has 0 radical (unpaired) electrons. The Morgan fingerprint density at radius 2 is 2.29 bits per heavy atom. The van der Waals surface area contributed by atoms with Crippen molar-refractivity contribution in [2.45, 2.75) is 19.3 Å². The van der Waals surface area contributed by atoms with Gasteiger partial charge in [-0.05, 0) is 36.5 Å². The van der Waals surface area contributed by atoms with E-state index in [1.54, 1.807) is 0 Å². The third kappa shape index (κ3) is 1.69. The molecule has 0 saturated heterocycles. The number of benzene rings is 1. The van der Waals surface area contributed by atoms with Crippen LogP contribution >= 0.6 is 15.9 Å². The summed E-state index contributed by atoms with van der Waals surface area (Å²) in [6.45, 7) is 2.02. The molecule has 3 heteroatoms. The highest BCUT2D eigenvalue weighted by molar-refractivity contribution is 9.10. The van der Waals surface area contributed by atoms with E-state index in [1.807, 2.05) is 19.1 Å². The highest BCUT2D eigenvalue weighted by Gasteiger charge is 2.44. The number of hydrogen-bond acceptors (Lipinski definition) is 1. The monoisotopic (exact) mass is 254 g/mol. The number of carboxylic acids is 1. The van der Waals surface area contributed by atoms with E-state index in [4.69, 9.17) is 5.11 Å². The van der Waals surface area contributed by atoms with Gasteiger partial charge in [-0.3, -0.25) is 4.79 Å². The van der Waals surface area contributed by atoms with E-state index >= 15 is 0 Å². The number of carboxylic acid groups (broad SMARTS) is 1. The van der Waals surface area contributed by atoms with Crippen LogP contribution < -0.4 is 0 Å². The van der Waals surface area contributed by atoms with Crippen LogP contribution in [0.4, 0.5) is 0 Å². The average molecular weight is 255 g/mol. The zero-order chi connectivity index (χ0) is 10.3. The summed E-state index contributed by atoms with van der Waals surface area (Å²) in [5.74, 6) is -0.592. The van der Waals surface area contributed by atoms with Gasteiger partial charge in [0.1, 0.15) is 0 Å². The molecule has 0 amide bonds. The minimum absolute atomic E-state index is 0.157. The molecule has 2 rings (SSSR count). The van der Waals surface area contributed by atoms with Crippen molar-refractivity contribution in [2.75, 3.05) is 0 Å². The van der Waals surface area contributed by atoms with Crippen LogP contribution in [0.15, 0.2) is 22.7 Å². The van der Waals surface area contributed by atoms with Gasteiger partial charge in [0.15, 0.2) is 0 Å². The number of aliphatic carboxylic acids is 1. The van der Waals surface area contributed by atoms with Crippen LogP contribution in [0.2, 0.25) is 0 Å². The Morgan fingerprint density at radius 3 is 2.79 bits per heavy atom. The molecule has 1 aromatic rings. The van der Waals surface area contributed by atoms with Gasteiger partial charge in [0.2, 0.25) is 0 Å². The maximum atomic E-state index is 10.7. The third-order valence-electron chi connectivity index (χ3n) is 2.72. The minimum atomic E-state index is -0.671. The molecule has 1 fully saturated rings. The van der Waals surface area contributed by atoms with Gasteiger partial charge in [0.05, 0.1) is 5.92 Å². The van der Waals surface area contributed by atoms with Gasteiger partial charge in [-0.15, -0.1) is 0 Å². The number of carbonyl (C=O) groups is 1. The van der Waals surface area contributed by atoms with E-state index in [0.717, 1.165) is 16.5 Å². The fourth-order valence-electron chi connectivity index (χ4n) is 1.73. The maximum absolute atomic E-state index is 10.7. The lowest BCUT2D eigenvalue weighted by atomic mass is 10.1. The standard InChI is InChI=1S/C11H11BrO2/c1-6-4-7(2-3-10(6)12)8-5-9(8)11(13)14/h2-4,8-9H,5H2,1H3,(H,13,14)/t8-,9+/m1/s1. The Bertz CT molecular complexity index is 387. The Balaban J connectivity index is 2.20. The zero-order valence-electron chi connectivity index (χ0n) is 7.83. The van der Waals surface area contributed by atoms with Crippen molar-refractivity contribution in [3.05, 3.63) is 33.8 Å². The molecule has 0 spiro atoms. The van der Waals surface area contributed by atoms with E-state index in [9.17, 15) is 4.79 Å². The summed E-state index contributed by atoms with van der Waals surface area (Å²) < 4.78 is 1.08. The van der Waals surface area contributed by atoms with Gasteiger partial charge in [-0.1, -0.05) is 28.1 Å². The molecule has 0 bridgehead atoms. The first-order valence-corrected chi connectivity index (χ1v) is 5.37. The molecule has 1 saturated carbocycles. The van der Waals surface area contributed by atoms with Crippen molar-refractivity contribution in [1.29, 1.82) is 0 Å². The molecule has 0 aromatic heterocycles. The Labute approximate surface area is 91.1 Å². The van der Waals surface area contributed by atoms with Gasteiger partial charge >= 0.3 is 5.97 Å². The normalized spacial score (nSPS) is 24.7. The quantitative estimate of drug-likeness (QED) is 0.882. The largest absolute Gasteiger partial charge is 0.481 e. The fourth-order valence-corrected chi connectivity index (χ4v) is 1.98. The summed E-state index contributed by atoms with van der Waals surface area (Å²) in [6, 6.07) is 6.06. The van der Waals surface area contributed by atoms with Gasteiger partial charge in [-0.25, -0.2) is 0 Å². The van der Waals surface area contributed by atoms with E-state index in [0.29, 0.717) is 0 Å². The number of aryl methyl sites for hydroxylation is 1. The highest BCUT2D eigenvalue weighted by atomic mass is 79.9. The Kier molecular flexibility index (Phi) is 2.35. The first-order valence-electron chi connectivity index (χ1n) is 4.58. The third-order valence-corrected chi connectivity index (χ3v) is 3.61. The van der Waals surface area contributed by atoms with E-state index in [-0.39, 0.29) is 11.8 Å². The summed E-state index contributed by atoms with van der Waals surface area (Å²) in [4.78, 5) is 10.7. The smallest absolute Gasteiger partial charge is 0.307 e. The van der Waals surface area contributed by atoms with Gasteiger partial charge in [-0.2, -0.15) is 0 Å². The van der Waals surface area contributed by atoms with Crippen molar-refractivity contribution >= 4 is 21.9 Å². The van der Waals surface area contributed by atoms with Crippen LogP contribution in [0.3, 0.4) is 0 Å². The van der Waals surface area contributed by atoms with Crippen LogP contribution in [-0.2, 0) is 4.79 Å². The van der Waals surface area contributed by atoms with Crippen LogP contribution in [0, 0.1) is 12.8 Å². The Hall–Kier alpha value is -0.830. The molecule has 2 atom stereocenters. The highest BCUT2D eigenvalue weighted by Crippen LogP contribution is 2.47. The van der Waals surface area contributed by atoms with Crippen molar-refractivity contribution in [2.24, 2.45) is 5.92 Å². The van der Waals surface area contributed by atoms with E-state index < -0.39 is 5.97 Å². The lowest BCUT2D eigenvalue weighted by Gasteiger charge is -2.02. The molecule has 1 aromatic carbocycles. The summed E-state index contributed by atoms with van der Waals surface area (Å²) in [6.07, 6.45) is 0.788. The van der Waals surface area contributed by atoms with Gasteiger partial charge < -0.3 is 5.11 Å². The van der Waals surface area contributed by atoms with Crippen LogP contribution in [-0.4, -0.2) is 11.1 Å². The fraction of sp³-hybridized carbons (Fsp3) is 0.364. The van der Waals surface area contributed by atoms with E-state index in [2.05, 4.69) is 22.0 Å². The van der Waals surface area contributed by atoms with E-state index in [1.165, 1.54) is 5.56 Å². The van der Waals surface area contributed by atoms with Crippen LogP contribution in [0.1, 0.15) is 23.5 Å². The first-order chi connectivity index (χ1) is 6.59. The summed E-state index contributed by atoms with van der Waals surface area (Å²) in [5, 5.41) is 8.80. The second-order valence-corrected chi connectivity index (χ2v) is 4.65. The summed E-state index contributed by atoms with van der Waals surface area (Å²) in [7, 11) is 0. The van der Waals surface area contributed by atoms with Crippen LogP contribution in [0.25, 0.3) is 0 Å². The molecule has 14 heavy (non-hydrogen) atoms. The molecule has 0 heterocycles. The number of halogens is 1. The molecular weight excluding hydrogens is 244 g/mol. The molecule has 0 unspecified atom stereocenters. The van der Waals surface area contributed by atoms with Crippen LogP contribution in [0.5, 0.6) is 0 Å². The summed E-state index contributed by atoms with van der Waals surface area (Å²) in [5.41, 5.74) is 2.32. The van der Waals surface area contributed by atoms with Crippen molar-refractivity contribution < 1.29 is 9.90 Å². The zero-order valence-corrected chi connectivity index (χ0v) is 9.41. The molecular formula is C11H11BrO2. The van der Waals surface area contributed by atoms with Gasteiger partial charge in [0, 0.05) is 4.47 Å². The number of hydrogen-bond donors (Lipinski definition) is 1. The van der Waals surface area contributed by atoms with Crippen molar-refractivity contribution in [3.63, 3.8) is 0 Å². The SMILES string of the molecule is Cc1cc([C@H]2C[C@@H]2C(=O)O)ccc1Br. The van der Waals surface area contributed by atoms with Crippen molar-refractivity contribution in [1.82, 2.24) is 0 Å². The lowest BCUT2D eigenvalue weighted by Crippen LogP contribution is -1.98. The molecule has 2 nitrogen and oxygen atoms in total. The first kappa shape index (κ1) is 9.71. The molecule has 1 aliphatic carbocycles. The van der Waals surface area contributed by atoms with Gasteiger partial charge in [0.25, 0.3) is 0 Å². The molecule has 74 valence electrons. The van der Waals surface area contributed by atoms with Crippen molar-refractivity contribution in [3.8, 4) is 0 Å². The second-order valence-electron chi connectivity index (χ2n) is 3.80. The average Bonchev–Trinajstić information content (AvgIpc) is 2.89. The topological polar surface area (TPSA) is 37.3 Å². The minimum Gasteiger partial charge on any atom is -0.481 e. The molecule has 1 aliphatic rings. The predicted molar refractivity (Wildman–Crippen MR) is 57.4 cm³/mol.